The number of imidazole rings is 1. The number of allylic oxidation sites excluding steroid dienone is 1. The maximum Gasteiger partial charge on any atom is 0.145 e. The predicted octanol–water partition coefficient (Wildman–Crippen LogP) is 12.9. The van der Waals surface area contributed by atoms with E-state index in [1.165, 1.54) is 28.1 Å². The Morgan fingerprint density at radius 1 is 0.712 bits per heavy atom. The fourth-order valence-electron chi connectivity index (χ4n) is 7.54. The largest absolute Gasteiger partial charge is 0.310 e. The summed E-state index contributed by atoms with van der Waals surface area (Å²) in [5, 5.41) is 0. The average molecular weight is 677 g/mol. The van der Waals surface area contributed by atoms with Gasteiger partial charge in [-0.3, -0.25) is 9.56 Å². The lowest BCUT2D eigenvalue weighted by atomic mass is 9.95. The fourth-order valence-corrected chi connectivity index (χ4v) is 7.54. The molecule has 0 saturated carbocycles. The van der Waals surface area contributed by atoms with Crippen molar-refractivity contribution in [2.24, 2.45) is 4.99 Å². The van der Waals surface area contributed by atoms with E-state index in [1.54, 1.807) is 0 Å². The third-order valence-corrected chi connectivity index (χ3v) is 10.5. The zero-order valence-electron chi connectivity index (χ0n) is 30.4. The van der Waals surface area contributed by atoms with E-state index in [-0.39, 0.29) is 0 Å². The first-order valence-electron chi connectivity index (χ1n) is 18.5. The number of aromatic nitrogens is 2. The van der Waals surface area contributed by atoms with Crippen LogP contribution in [0.25, 0.3) is 33.8 Å². The second kappa shape index (κ2) is 14.3. The highest BCUT2D eigenvalue weighted by Gasteiger charge is 2.26. The van der Waals surface area contributed by atoms with Crippen molar-refractivity contribution in [2.45, 2.75) is 52.9 Å². The molecule has 8 rings (SSSR count). The monoisotopic (exact) mass is 676 g/mol. The molecule has 256 valence electrons. The fraction of sp³-hybridized carbons (Fsp3) is 0.167. The van der Waals surface area contributed by atoms with Crippen LogP contribution in [0.5, 0.6) is 0 Å². The van der Waals surface area contributed by atoms with Crippen molar-refractivity contribution in [3.8, 4) is 17.1 Å². The lowest BCUT2D eigenvalue weighted by Gasteiger charge is -2.30. The molecule has 1 atom stereocenters. The van der Waals surface area contributed by atoms with E-state index in [0.29, 0.717) is 5.92 Å². The minimum absolute atomic E-state index is 0.415. The molecule has 0 spiro atoms. The normalized spacial score (nSPS) is 14.0. The first-order chi connectivity index (χ1) is 25.5. The van der Waals surface area contributed by atoms with E-state index in [4.69, 9.17) is 9.98 Å². The van der Waals surface area contributed by atoms with E-state index in [0.717, 1.165) is 75.6 Å². The molecule has 0 saturated heterocycles. The zero-order valence-corrected chi connectivity index (χ0v) is 30.4. The van der Waals surface area contributed by atoms with Crippen LogP contribution in [0, 0.1) is 0 Å². The lowest BCUT2D eigenvalue weighted by Crippen LogP contribution is -2.17. The summed E-state index contributed by atoms with van der Waals surface area (Å²) in [4.78, 5) is 13.1. The van der Waals surface area contributed by atoms with Crippen LogP contribution in [-0.4, -0.2) is 15.3 Å². The second-order valence-corrected chi connectivity index (χ2v) is 13.9. The van der Waals surface area contributed by atoms with Gasteiger partial charge in [0.05, 0.1) is 22.4 Å². The Morgan fingerprint density at radius 3 is 2.15 bits per heavy atom. The standard InChI is InChI=1S/C48H44N4/c1-5-33(2)42-23-13-14-24-43(42)49-35(4)37-30-38(47-34(3)28-29-36-18-12-16-26-45(36)51(47)40-19-8-6-9-20-40)32-39(31-37)48-50-44-25-15-17-27-46(44)52(48)41-21-10-7-11-22-41/h6-27,30-33H,5,28-29H2,1-4H3/b49-35+. The quantitative estimate of drug-likeness (QED) is 0.150. The Hall–Kier alpha value is -6.00. The SMILES string of the molecule is CCC(C)c1ccccc1/N=C(\C)c1cc(C2=C(C)CCc3ccccc3N2c2ccccc2)cc(-c2nc3ccccc3n2-c2ccccc2)c1. The lowest BCUT2D eigenvalue weighted by molar-refractivity contribution is 0.734. The summed E-state index contributed by atoms with van der Waals surface area (Å²) < 4.78 is 2.29. The summed E-state index contributed by atoms with van der Waals surface area (Å²) in [6, 6.07) is 54.2. The molecule has 0 N–H and O–H groups in total. The minimum Gasteiger partial charge on any atom is -0.310 e. The van der Waals surface area contributed by atoms with Crippen molar-refractivity contribution in [1.29, 1.82) is 0 Å². The molecule has 1 aliphatic rings. The average Bonchev–Trinajstić information content (AvgIpc) is 3.52. The van der Waals surface area contributed by atoms with Crippen LogP contribution in [0.4, 0.5) is 17.1 Å². The Labute approximate surface area is 307 Å². The molecule has 7 aromatic rings. The molecule has 0 radical (unpaired) electrons. The van der Waals surface area contributed by atoms with Crippen LogP contribution in [0.15, 0.2) is 162 Å². The van der Waals surface area contributed by atoms with Crippen LogP contribution < -0.4 is 4.90 Å². The highest BCUT2D eigenvalue weighted by atomic mass is 15.2. The van der Waals surface area contributed by atoms with Crippen LogP contribution in [0.1, 0.15) is 68.7 Å². The second-order valence-electron chi connectivity index (χ2n) is 13.9. The molecule has 2 heterocycles. The number of benzene rings is 6. The Morgan fingerprint density at radius 2 is 1.37 bits per heavy atom. The van der Waals surface area contributed by atoms with Gasteiger partial charge in [0.25, 0.3) is 0 Å². The molecule has 4 heteroatoms. The van der Waals surface area contributed by atoms with E-state index < -0.39 is 0 Å². The van der Waals surface area contributed by atoms with Gasteiger partial charge in [-0.2, -0.15) is 0 Å². The van der Waals surface area contributed by atoms with Crippen molar-refractivity contribution in [3.05, 3.63) is 179 Å². The molecular formula is C48H44N4. The van der Waals surface area contributed by atoms with Gasteiger partial charge in [0.1, 0.15) is 5.82 Å². The van der Waals surface area contributed by atoms with Crippen molar-refractivity contribution in [2.75, 3.05) is 4.90 Å². The van der Waals surface area contributed by atoms with Crippen LogP contribution in [-0.2, 0) is 6.42 Å². The predicted molar refractivity (Wildman–Crippen MR) is 219 cm³/mol. The summed E-state index contributed by atoms with van der Waals surface area (Å²) in [5.74, 6) is 1.32. The molecule has 52 heavy (non-hydrogen) atoms. The van der Waals surface area contributed by atoms with Crippen molar-refractivity contribution in [3.63, 3.8) is 0 Å². The van der Waals surface area contributed by atoms with E-state index >= 15 is 0 Å². The van der Waals surface area contributed by atoms with Gasteiger partial charge in [-0.1, -0.05) is 98.8 Å². The molecule has 0 aliphatic carbocycles. The highest BCUT2D eigenvalue weighted by molar-refractivity contribution is 6.03. The molecular weight excluding hydrogens is 633 g/mol. The van der Waals surface area contributed by atoms with Gasteiger partial charge < -0.3 is 4.90 Å². The number of nitrogens with zero attached hydrogens (tertiary/aromatic N) is 4. The van der Waals surface area contributed by atoms with Crippen LogP contribution >= 0.6 is 0 Å². The molecule has 0 fully saturated rings. The Kier molecular flexibility index (Phi) is 9.13. The summed E-state index contributed by atoms with van der Waals surface area (Å²) in [5.41, 5.74) is 15.9. The summed E-state index contributed by atoms with van der Waals surface area (Å²) >= 11 is 0. The highest BCUT2D eigenvalue weighted by Crippen LogP contribution is 2.43. The molecule has 1 unspecified atom stereocenters. The van der Waals surface area contributed by atoms with Gasteiger partial charge in [-0.15, -0.1) is 0 Å². The first kappa shape index (κ1) is 33.2. The molecule has 0 bridgehead atoms. The van der Waals surface area contributed by atoms with E-state index in [2.05, 4.69) is 189 Å². The minimum atomic E-state index is 0.415. The van der Waals surface area contributed by atoms with Gasteiger partial charge >= 0.3 is 0 Å². The molecule has 6 aromatic carbocycles. The van der Waals surface area contributed by atoms with Gasteiger partial charge in [-0.25, -0.2) is 4.98 Å². The summed E-state index contributed by atoms with van der Waals surface area (Å²) in [6.45, 7) is 8.97. The van der Waals surface area contributed by atoms with Gasteiger partial charge in [0.2, 0.25) is 0 Å². The maximum atomic E-state index is 5.35. The summed E-state index contributed by atoms with van der Waals surface area (Å²) in [7, 11) is 0. The number of fused-ring (bicyclic) bond motifs is 2. The zero-order chi connectivity index (χ0) is 35.6. The summed E-state index contributed by atoms with van der Waals surface area (Å²) in [6.07, 6.45) is 3.01. The van der Waals surface area contributed by atoms with Gasteiger partial charge in [-0.05, 0) is 134 Å². The molecule has 0 amide bonds. The smallest absolute Gasteiger partial charge is 0.145 e. The molecule has 4 nitrogen and oxygen atoms in total. The van der Waals surface area contributed by atoms with Gasteiger partial charge in [0, 0.05) is 28.3 Å². The number of para-hydroxylation sites is 6. The van der Waals surface area contributed by atoms with E-state index in [9.17, 15) is 0 Å². The number of rotatable bonds is 8. The Bertz CT molecular complexity index is 2430. The number of hydrogen-bond acceptors (Lipinski definition) is 3. The van der Waals surface area contributed by atoms with Crippen LogP contribution in [0.2, 0.25) is 0 Å². The van der Waals surface area contributed by atoms with Crippen molar-refractivity contribution < 1.29 is 0 Å². The van der Waals surface area contributed by atoms with Crippen LogP contribution in [0.3, 0.4) is 0 Å². The number of anilines is 2. The first-order valence-corrected chi connectivity index (χ1v) is 18.5. The number of hydrogen-bond donors (Lipinski definition) is 0. The van der Waals surface area contributed by atoms with Gasteiger partial charge in [0.15, 0.2) is 0 Å². The third kappa shape index (κ3) is 6.26. The topological polar surface area (TPSA) is 33.4 Å². The van der Waals surface area contributed by atoms with Crippen molar-refractivity contribution in [1.82, 2.24) is 9.55 Å². The number of aliphatic imine (C=N–C) groups is 1. The Balaban J connectivity index is 1.40. The molecule has 1 aliphatic heterocycles. The maximum absolute atomic E-state index is 5.35. The van der Waals surface area contributed by atoms with Crippen molar-refractivity contribution >= 4 is 39.5 Å². The molecule has 1 aromatic heterocycles. The van der Waals surface area contributed by atoms with E-state index in [1.807, 2.05) is 0 Å². The third-order valence-electron chi connectivity index (χ3n) is 10.5. The number of aryl methyl sites for hydroxylation is 1.